The van der Waals surface area contributed by atoms with Crippen LogP contribution in [0.1, 0.15) is 54.6 Å². The van der Waals surface area contributed by atoms with Crippen molar-refractivity contribution in [2.75, 3.05) is 13.2 Å². The summed E-state index contributed by atoms with van der Waals surface area (Å²) in [6.45, 7) is 10.6. The fourth-order valence-electron chi connectivity index (χ4n) is 5.04. The second-order valence-corrected chi connectivity index (χ2v) is 12.1. The molecule has 0 radical (unpaired) electrons. The Kier molecular flexibility index (Phi) is 9.32. The summed E-state index contributed by atoms with van der Waals surface area (Å²) in [5, 5.41) is 0. The minimum absolute atomic E-state index is 0.225. The minimum Gasteiger partial charge on any atom is -0.490 e. The zero-order valence-electron chi connectivity index (χ0n) is 24.8. The number of fused-ring (bicyclic) bond motifs is 1. The minimum atomic E-state index is -0.652. The number of carbonyl (C=O) groups is 1. The van der Waals surface area contributed by atoms with Crippen LogP contribution in [-0.2, 0) is 16.1 Å². The summed E-state index contributed by atoms with van der Waals surface area (Å²) in [4.78, 5) is 32.3. The predicted molar refractivity (Wildman–Crippen MR) is 172 cm³/mol. The first-order valence-corrected chi connectivity index (χ1v) is 15.7. The summed E-state index contributed by atoms with van der Waals surface area (Å²) in [5.74, 6) is 0.688. The molecular formula is C34H33BrN2O5S. The molecule has 7 nitrogen and oxygen atoms in total. The van der Waals surface area contributed by atoms with Gasteiger partial charge in [-0.3, -0.25) is 9.36 Å². The van der Waals surface area contributed by atoms with Crippen molar-refractivity contribution in [2.24, 2.45) is 4.99 Å². The zero-order chi connectivity index (χ0) is 30.7. The number of hydrogen-bond acceptors (Lipinski definition) is 7. The standard InChI is InChI=1S/C34H33BrN2O5S/c1-6-40-27-17-24(16-26(35)31(27)42-19-23-10-8-9-21(4)15-23)18-28-32(38)37-30(25-13-11-20(3)12-14-25)29(33(39)41-7-2)22(5)36-34(37)43-28/h8-18,30H,6-7,19H2,1-5H3/b28-18+/t30-/m1/s1. The lowest BCUT2D eigenvalue weighted by Gasteiger charge is -2.24. The van der Waals surface area contributed by atoms with E-state index in [-0.39, 0.29) is 12.2 Å². The smallest absolute Gasteiger partial charge is 0.338 e. The van der Waals surface area contributed by atoms with E-state index in [4.69, 9.17) is 14.2 Å². The largest absolute Gasteiger partial charge is 0.490 e. The van der Waals surface area contributed by atoms with E-state index in [1.165, 1.54) is 11.3 Å². The second kappa shape index (κ2) is 13.1. The van der Waals surface area contributed by atoms with Crippen molar-refractivity contribution in [1.82, 2.24) is 4.57 Å². The predicted octanol–water partition coefficient (Wildman–Crippen LogP) is 6.16. The third-order valence-corrected chi connectivity index (χ3v) is 8.58. The number of thiazole rings is 1. The van der Waals surface area contributed by atoms with Crippen LogP contribution in [0.4, 0.5) is 0 Å². The molecular weight excluding hydrogens is 628 g/mol. The van der Waals surface area contributed by atoms with Gasteiger partial charge >= 0.3 is 5.97 Å². The molecule has 2 heterocycles. The fourth-order valence-corrected chi connectivity index (χ4v) is 6.66. The number of halogens is 1. The van der Waals surface area contributed by atoms with E-state index in [1.54, 1.807) is 18.4 Å². The van der Waals surface area contributed by atoms with Crippen LogP contribution in [0.15, 0.2) is 86.2 Å². The highest BCUT2D eigenvalue weighted by atomic mass is 79.9. The van der Waals surface area contributed by atoms with Gasteiger partial charge in [-0.05, 0) is 85.4 Å². The number of aryl methyl sites for hydroxylation is 2. The maximum absolute atomic E-state index is 14.0. The number of esters is 1. The van der Waals surface area contributed by atoms with E-state index in [1.807, 2.05) is 81.4 Å². The van der Waals surface area contributed by atoms with Crippen molar-refractivity contribution in [1.29, 1.82) is 0 Å². The van der Waals surface area contributed by atoms with E-state index in [2.05, 4.69) is 27.0 Å². The molecule has 0 fully saturated rings. The number of hydrogen-bond donors (Lipinski definition) is 0. The summed E-state index contributed by atoms with van der Waals surface area (Å²) in [7, 11) is 0. The van der Waals surface area contributed by atoms with Crippen LogP contribution in [-0.4, -0.2) is 23.8 Å². The highest BCUT2D eigenvalue weighted by Crippen LogP contribution is 2.38. The molecule has 0 N–H and O–H groups in total. The molecule has 0 saturated carbocycles. The number of nitrogens with zero attached hydrogens (tertiary/aromatic N) is 2. The molecule has 0 aliphatic carbocycles. The Balaban J connectivity index is 1.58. The van der Waals surface area contributed by atoms with Gasteiger partial charge in [0.05, 0.1) is 39.5 Å². The molecule has 1 atom stereocenters. The Morgan fingerprint density at radius 3 is 2.47 bits per heavy atom. The van der Waals surface area contributed by atoms with Crippen LogP contribution in [0, 0.1) is 13.8 Å². The monoisotopic (exact) mass is 660 g/mol. The van der Waals surface area contributed by atoms with Crippen molar-refractivity contribution in [3.05, 3.63) is 124 Å². The summed E-state index contributed by atoms with van der Waals surface area (Å²) < 4.78 is 20.3. The van der Waals surface area contributed by atoms with Gasteiger partial charge < -0.3 is 14.2 Å². The first-order valence-electron chi connectivity index (χ1n) is 14.1. The number of rotatable bonds is 9. The molecule has 3 aromatic carbocycles. The maximum Gasteiger partial charge on any atom is 0.338 e. The summed E-state index contributed by atoms with van der Waals surface area (Å²) >= 11 is 4.94. The van der Waals surface area contributed by atoms with Crippen LogP contribution in [0.25, 0.3) is 6.08 Å². The molecule has 1 aliphatic rings. The maximum atomic E-state index is 14.0. The molecule has 0 saturated heterocycles. The SMILES string of the molecule is CCOC(=O)C1=C(C)N=c2s/c(=C/c3cc(Br)c(OCc4cccc(C)c4)c(OCC)c3)c(=O)n2[C@@H]1c1ccc(C)cc1. The number of benzene rings is 3. The van der Waals surface area contributed by atoms with Crippen LogP contribution in [0.3, 0.4) is 0 Å². The van der Waals surface area contributed by atoms with Crippen molar-refractivity contribution in [3.63, 3.8) is 0 Å². The zero-order valence-corrected chi connectivity index (χ0v) is 27.2. The Hall–Kier alpha value is -3.95. The second-order valence-electron chi connectivity index (χ2n) is 10.3. The summed E-state index contributed by atoms with van der Waals surface area (Å²) in [6, 6.07) is 19.1. The summed E-state index contributed by atoms with van der Waals surface area (Å²) in [5.41, 5.74) is 5.53. The van der Waals surface area contributed by atoms with Gasteiger partial charge in [0.1, 0.15) is 6.61 Å². The van der Waals surface area contributed by atoms with E-state index < -0.39 is 12.0 Å². The van der Waals surface area contributed by atoms with E-state index in [0.717, 1.165) is 27.8 Å². The lowest BCUT2D eigenvalue weighted by Crippen LogP contribution is -2.39. The first kappa shape index (κ1) is 30.5. The Labute approximate surface area is 262 Å². The van der Waals surface area contributed by atoms with Crippen LogP contribution in [0.2, 0.25) is 0 Å². The van der Waals surface area contributed by atoms with Gasteiger partial charge in [-0.15, -0.1) is 0 Å². The normalized spacial score (nSPS) is 14.7. The van der Waals surface area contributed by atoms with Crippen molar-refractivity contribution in [2.45, 2.75) is 47.3 Å². The van der Waals surface area contributed by atoms with Gasteiger partial charge in [-0.1, -0.05) is 71.0 Å². The lowest BCUT2D eigenvalue weighted by molar-refractivity contribution is -0.139. The number of allylic oxidation sites excluding steroid dienone is 1. The quantitative estimate of drug-likeness (QED) is 0.201. The van der Waals surface area contributed by atoms with E-state index in [9.17, 15) is 9.59 Å². The molecule has 0 unspecified atom stereocenters. The number of aromatic nitrogens is 1. The van der Waals surface area contributed by atoms with Gasteiger partial charge in [-0.2, -0.15) is 0 Å². The van der Waals surface area contributed by atoms with E-state index in [0.29, 0.717) is 49.8 Å². The average Bonchev–Trinajstić information content (AvgIpc) is 3.26. The fraction of sp³-hybridized carbons (Fsp3) is 0.265. The van der Waals surface area contributed by atoms with Gasteiger partial charge in [0.25, 0.3) is 5.56 Å². The summed E-state index contributed by atoms with van der Waals surface area (Å²) in [6.07, 6.45) is 1.82. The molecule has 0 bridgehead atoms. The van der Waals surface area contributed by atoms with E-state index >= 15 is 0 Å². The highest BCUT2D eigenvalue weighted by molar-refractivity contribution is 9.10. The van der Waals surface area contributed by atoms with Gasteiger partial charge in [0.2, 0.25) is 0 Å². The lowest BCUT2D eigenvalue weighted by atomic mass is 9.95. The molecule has 0 amide bonds. The molecule has 5 rings (SSSR count). The topological polar surface area (TPSA) is 79.1 Å². The molecule has 0 spiro atoms. The van der Waals surface area contributed by atoms with Crippen molar-refractivity contribution >= 4 is 39.3 Å². The van der Waals surface area contributed by atoms with Crippen LogP contribution >= 0.6 is 27.3 Å². The molecule has 1 aromatic heterocycles. The van der Waals surface area contributed by atoms with Gasteiger partial charge in [0.15, 0.2) is 16.3 Å². The third kappa shape index (κ3) is 6.53. The molecule has 222 valence electrons. The first-order chi connectivity index (χ1) is 20.7. The Bertz CT molecular complexity index is 1890. The Morgan fingerprint density at radius 1 is 1.00 bits per heavy atom. The number of ether oxygens (including phenoxy) is 3. The van der Waals surface area contributed by atoms with Gasteiger partial charge in [0, 0.05) is 0 Å². The van der Waals surface area contributed by atoms with Crippen LogP contribution in [0.5, 0.6) is 11.5 Å². The van der Waals surface area contributed by atoms with Gasteiger partial charge in [-0.25, -0.2) is 9.79 Å². The van der Waals surface area contributed by atoms with Crippen LogP contribution < -0.4 is 24.4 Å². The van der Waals surface area contributed by atoms with Crippen molar-refractivity contribution < 1.29 is 19.0 Å². The Morgan fingerprint density at radius 2 is 1.77 bits per heavy atom. The van der Waals surface area contributed by atoms with Crippen molar-refractivity contribution in [3.8, 4) is 11.5 Å². The molecule has 4 aromatic rings. The molecule has 43 heavy (non-hydrogen) atoms. The molecule has 9 heteroatoms. The third-order valence-electron chi connectivity index (χ3n) is 7.01. The number of carbonyl (C=O) groups excluding carboxylic acids is 1. The average molecular weight is 662 g/mol. The molecule has 1 aliphatic heterocycles. The highest BCUT2D eigenvalue weighted by Gasteiger charge is 2.33.